The Balaban J connectivity index is 1.87. The smallest absolute Gasteiger partial charge is 0.303 e. The maximum Gasteiger partial charge on any atom is 0.303 e. The Labute approximate surface area is 247 Å². The molecule has 0 spiro atoms. The Kier molecular flexibility index (Phi) is 11.6. The minimum Gasteiger partial charge on any atom is -0.493 e. The Morgan fingerprint density at radius 1 is 0.929 bits per heavy atom. The molecule has 1 N–H and O–H groups in total. The van der Waals surface area contributed by atoms with Gasteiger partial charge in [0.1, 0.15) is 30.0 Å². The predicted molar refractivity (Wildman–Crippen MR) is 148 cm³/mol. The number of carbonyl (C=O) groups excluding carboxylic acids is 4. The number of amides is 1. The van der Waals surface area contributed by atoms with E-state index in [0.29, 0.717) is 35.3 Å². The number of aryl methyl sites for hydroxylation is 2. The van der Waals surface area contributed by atoms with Crippen molar-refractivity contribution < 1.29 is 47.6 Å². The Bertz CT molecular complexity index is 1290. The molecule has 230 valence electrons. The molecule has 0 unspecified atom stereocenters. The van der Waals surface area contributed by atoms with Crippen molar-refractivity contribution in [3.63, 3.8) is 0 Å². The number of ether oxygens (including phenoxy) is 6. The van der Waals surface area contributed by atoms with Crippen molar-refractivity contribution in [1.29, 1.82) is 0 Å². The summed E-state index contributed by atoms with van der Waals surface area (Å²) >= 11 is 1.13. The lowest BCUT2D eigenvalue weighted by Crippen LogP contribution is -2.65. The van der Waals surface area contributed by atoms with Gasteiger partial charge in [-0.05, 0) is 24.1 Å². The fourth-order valence-corrected chi connectivity index (χ4v) is 5.58. The Morgan fingerprint density at radius 2 is 1.60 bits per heavy atom. The van der Waals surface area contributed by atoms with Crippen molar-refractivity contribution in [3.8, 4) is 11.5 Å². The van der Waals surface area contributed by atoms with E-state index in [2.05, 4.69) is 15.5 Å². The number of thioether (sulfide) groups is 1. The molecule has 15 heteroatoms. The van der Waals surface area contributed by atoms with E-state index in [-0.39, 0.29) is 6.61 Å². The van der Waals surface area contributed by atoms with Crippen molar-refractivity contribution >= 4 is 35.6 Å². The molecule has 0 radical (unpaired) electrons. The highest BCUT2D eigenvalue weighted by Gasteiger charge is 2.51. The second-order valence-electron chi connectivity index (χ2n) is 9.48. The van der Waals surface area contributed by atoms with E-state index < -0.39 is 53.6 Å². The first-order valence-electron chi connectivity index (χ1n) is 13.1. The van der Waals surface area contributed by atoms with Crippen LogP contribution in [0.1, 0.15) is 39.1 Å². The van der Waals surface area contributed by atoms with Gasteiger partial charge in [0.05, 0.1) is 14.2 Å². The van der Waals surface area contributed by atoms with Gasteiger partial charge in [0.25, 0.3) is 0 Å². The van der Waals surface area contributed by atoms with Gasteiger partial charge < -0.3 is 38.3 Å². The zero-order valence-electron chi connectivity index (χ0n) is 24.6. The second-order valence-corrected chi connectivity index (χ2v) is 10.6. The molecular formula is C27H36N4O10S. The van der Waals surface area contributed by atoms with E-state index >= 15 is 0 Å². The number of nitrogens with zero attached hydrogens (tertiary/aromatic N) is 3. The highest BCUT2D eigenvalue weighted by molar-refractivity contribution is 7.99. The van der Waals surface area contributed by atoms with E-state index in [1.54, 1.807) is 25.8 Å². The first-order chi connectivity index (χ1) is 19.9. The molecule has 2 aromatic rings. The molecule has 5 atom stereocenters. The molecule has 1 aromatic carbocycles. The fourth-order valence-electron chi connectivity index (χ4n) is 4.45. The van der Waals surface area contributed by atoms with Gasteiger partial charge in [0.2, 0.25) is 5.91 Å². The summed E-state index contributed by atoms with van der Waals surface area (Å²) in [5, 5.41) is 11.8. The molecular weight excluding hydrogens is 572 g/mol. The van der Waals surface area contributed by atoms with Gasteiger partial charge in [-0.1, -0.05) is 17.8 Å². The third-order valence-electron chi connectivity index (χ3n) is 6.30. The van der Waals surface area contributed by atoms with Crippen LogP contribution in [-0.4, -0.2) is 89.2 Å². The van der Waals surface area contributed by atoms with E-state index in [4.69, 9.17) is 28.4 Å². The molecule has 42 heavy (non-hydrogen) atoms. The van der Waals surface area contributed by atoms with Crippen molar-refractivity contribution in [2.75, 3.05) is 20.8 Å². The zero-order valence-corrected chi connectivity index (χ0v) is 25.4. The summed E-state index contributed by atoms with van der Waals surface area (Å²) < 4.78 is 34.9. The fraction of sp³-hybridized carbons (Fsp3) is 0.556. The minimum atomic E-state index is -1.17. The van der Waals surface area contributed by atoms with Crippen LogP contribution in [0.5, 0.6) is 11.5 Å². The summed E-state index contributed by atoms with van der Waals surface area (Å²) in [6.45, 7) is 4.62. The van der Waals surface area contributed by atoms with E-state index in [0.717, 1.165) is 17.3 Å². The lowest BCUT2D eigenvalue weighted by atomic mass is 9.97. The molecule has 0 saturated carbocycles. The second kappa shape index (κ2) is 14.9. The van der Waals surface area contributed by atoms with E-state index in [1.165, 1.54) is 27.7 Å². The normalized spacial score (nSPS) is 21.6. The monoisotopic (exact) mass is 608 g/mol. The van der Waals surface area contributed by atoms with Crippen LogP contribution in [0.15, 0.2) is 23.4 Å². The van der Waals surface area contributed by atoms with Crippen LogP contribution in [0.25, 0.3) is 0 Å². The average Bonchev–Trinajstić information content (AvgIpc) is 3.27. The number of esters is 3. The number of hydrogen-bond donors (Lipinski definition) is 1. The van der Waals surface area contributed by atoms with Crippen molar-refractivity contribution in [1.82, 2.24) is 20.1 Å². The van der Waals surface area contributed by atoms with Gasteiger partial charge in [-0.3, -0.25) is 19.2 Å². The molecule has 0 aliphatic carbocycles. The topological polar surface area (TPSA) is 166 Å². The highest BCUT2D eigenvalue weighted by atomic mass is 32.2. The van der Waals surface area contributed by atoms with Crippen LogP contribution in [0, 0.1) is 0 Å². The number of nitrogens with one attached hydrogen (secondary N) is 1. The van der Waals surface area contributed by atoms with Crippen molar-refractivity contribution in [3.05, 3.63) is 29.6 Å². The van der Waals surface area contributed by atoms with Gasteiger partial charge >= 0.3 is 17.9 Å². The van der Waals surface area contributed by atoms with E-state index in [9.17, 15) is 19.2 Å². The number of benzene rings is 1. The minimum absolute atomic E-state index is 0.287. The molecule has 1 saturated heterocycles. The number of carbonyl (C=O) groups is 4. The summed E-state index contributed by atoms with van der Waals surface area (Å²) in [6.07, 6.45) is -2.13. The number of aromatic nitrogens is 3. The van der Waals surface area contributed by atoms with Crippen LogP contribution in [0.3, 0.4) is 0 Å². The molecule has 1 aliphatic rings. The van der Waals surface area contributed by atoms with E-state index in [1.807, 2.05) is 18.2 Å². The van der Waals surface area contributed by atoms with Gasteiger partial charge in [0, 0.05) is 41.2 Å². The third kappa shape index (κ3) is 8.58. The number of rotatable bonds is 12. The van der Waals surface area contributed by atoms with Gasteiger partial charge in [-0.15, -0.1) is 10.2 Å². The van der Waals surface area contributed by atoms with Crippen LogP contribution < -0.4 is 14.8 Å². The summed E-state index contributed by atoms with van der Waals surface area (Å²) in [4.78, 5) is 47.8. The quantitative estimate of drug-likeness (QED) is 0.271. The first-order valence-corrected chi connectivity index (χ1v) is 14.0. The van der Waals surface area contributed by atoms with Gasteiger partial charge in [0.15, 0.2) is 28.9 Å². The SMILES string of the molecule is COc1ccc(CCc2nnc(S[C@@H]3O[C@H](COC(C)=O)[C@H](OC(C)=O)[C@@H](OC(C)=O)[C@H]3NC(C)=O)n2C)cc1OC. The molecule has 1 aromatic heterocycles. The van der Waals surface area contributed by atoms with Gasteiger partial charge in [-0.25, -0.2) is 0 Å². The molecule has 1 aliphatic heterocycles. The number of methoxy groups -OCH3 is 2. The largest absolute Gasteiger partial charge is 0.493 e. The average molecular weight is 609 g/mol. The highest BCUT2D eigenvalue weighted by Crippen LogP contribution is 2.36. The molecule has 1 fully saturated rings. The molecule has 2 heterocycles. The first kappa shape index (κ1) is 32.7. The van der Waals surface area contributed by atoms with Gasteiger partial charge in [-0.2, -0.15) is 0 Å². The van der Waals surface area contributed by atoms with Crippen LogP contribution in [-0.2, 0) is 58.0 Å². The maximum atomic E-state index is 12.2. The van der Waals surface area contributed by atoms with Crippen molar-refractivity contribution in [2.24, 2.45) is 7.05 Å². The zero-order chi connectivity index (χ0) is 31.0. The summed E-state index contributed by atoms with van der Waals surface area (Å²) in [6, 6.07) is 4.72. The molecule has 3 rings (SSSR count). The Morgan fingerprint density at radius 3 is 2.19 bits per heavy atom. The Hall–Kier alpha value is -3.85. The number of hydrogen-bond acceptors (Lipinski definition) is 13. The predicted octanol–water partition coefficient (Wildman–Crippen LogP) is 1.37. The lowest BCUT2D eigenvalue weighted by molar-refractivity contribution is -0.211. The van der Waals surface area contributed by atoms with Crippen LogP contribution >= 0.6 is 11.8 Å². The standard InChI is InChI=1S/C27H36N4O10S/c1-14(32)28-23-25(40-17(4)35)24(39-16(3)34)21(13-38-15(2)33)41-26(23)42-27-30-29-22(31(27)5)11-9-18-8-10-19(36-6)20(12-18)37-7/h8,10,12,21,23-26H,9,11,13H2,1-7H3,(H,28,32)/t21-,23-,24+,25+,26+/m1/s1. The molecule has 14 nitrogen and oxygen atoms in total. The molecule has 0 bridgehead atoms. The van der Waals surface area contributed by atoms with Crippen LogP contribution in [0.4, 0.5) is 0 Å². The third-order valence-corrected chi connectivity index (χ3v) is 7.51. The molecule has 1 amide bonds. The maximum absolute atomic E-state index is 12.2. The summed E-state index contributed by atoms with van der Waals surface area (Å²) in [5.74, 6) is -0.404. The summed E-state index contributed by atoms with van der Waals surface area (Å²) in [7, 11) is 4.95. The van der Waals surface area contributed by atoms with Crippen molar-refractivity contribution in [2.45, 2.75) is 75.5 Å². The lowest BCUT2D eigenvalue weighted by Gasteiger charge is -2.44. The summed E-state index contributed by atoms with van der Waals surface area (Å²) in [5.41, 5.74) is 0.118. The van der Waals surface area contributed by atoms with Crippen LogP contribution in [0.2, 0.25) is 0 Å².